The van der Waals surface area contributed by atoms with E-state index in [2.05, 4.69) is 31.2 Å². The summed E-state index contributed by atoms with van der Waals surface area (Å²) in [6.07, 6.45) is 0.737. The molecule has 0 saturated carbocycles. The molecule has 0 saturated heterocycles. The minimum atomic E-state index is -0.661. The van der Waals surface area contributed by atoms with Gasteiger partial charge in [-0.25, -0.2) is 14.8 Å². The minimum Gasteiger partial charge on any atom is -0.444 e. The van der Waals surface area contributed by atoms with E-state index in [1.807, 2.05) is 0 Å². The third-order valence-corrected chi connectivity index (χ3v) is 2.18. The third kappa shape index (κ3) is 4.79. The first kappa shape index (κ1) is 14.6. The highest BCUT2D eigenvalue weighted by atomic mass is 79.9. The molecule has 0 radical (unpaired) electrons. The highest BCUT2D eigenvalue weighted by molar-refractivity contribution is 9.09. The molecule has 1 amide bonds. The van der Waals surface area contributed by atoms with Crippen LogP contribution in [0.2, 0.25) is 0 Å². The molecule has 0 aliphatic carbocycles. The maximum atomic E-state index is 11.5. The van der Waals surface area contributed by atoms with Gasteiger partial charge < -0.3 is 4.74 Å². The van der Waals surface area contributed by atoms with E-state index in [-0.39, 0.29) is 22.8 Å². The Balaban J connectivity index is 2.74. The predicted molar refractivity (Wildman–Crippen MR) is 70.0 cm³/mol. The fraction of sp³-hybridized carbons (Fsp3) is 0.455. The Morgan fingerprint density at radius 1 is 1.44 bits per heavy atom. The molecule has 1 heterocycles. The number of carbonyl (C=O) groups excluding carboxylic acids is 2. The van der Waals surface area contributed by atoms with Gasteiger partial charge >= 0.3 is 6.09 Å². The molecule has 0 aliphatic rings. The first-order valence-electron chi connectivity index (χ1n) is 5.24. The highest BCUT2D eigenvalue weighted by Crippen LogP contribution is 2.09. The third-order valence-electron chi connectivity index (χ3n) is 1.68. The lowest BCUT2D eigenvalue weighted by atomic mass is 10.2. The number of carbonyl (C=O) groups is 2. The zero-order valence-electron chi connectivity index (χ0n) is 10.4. The number of alkyl halides is 1. The van der Waals surface area contributed by atoms with E-state index in [1.54, 1.807) is 20.8 Å². The number of nitrogens with one attached hydrogen (secondary N) is 1. The van der Waals surface area contributed by atoms with Crippen LogP contribution in [0.25, 0.3) is 0 Å². The van der Waals surface area contributed by atoms with Gasteiger partial charge in [-0.1, -0.05) is 15.9 Å². The number of anilines is 1. The SMILES string of the molecule is CC(C)(C)OC(=O)Nc1nccc(C(=O)CBr)n1. The lowest BCUT2D eigenvalue weighted by Gasteiger charge is -2.19. The van der Waals surface area contributed by atoms with Crippen LogP contribution in [0.4, 0.5) is 10.7 Å². The normalized spacial score (nSPS) is 10.9. The van der Waals surface area contributed by atoms with Crippen molar-refractivity contribution in [2.45, 2.75) is 26.4 Å². The summed E-state index contributed by atoms with van der Waals surface area (Å²) in [4.78, 5) is 30.6. The van der Waals surface area contributed by atoms with E-state index in [1.165, 1.54) is 12.3 Å². The molecule has 7 heteroatoms. The van der Waals surface area contributed by atoms with Gasteiger partial charge in [-0.15, -0.1) is 0 Å². The average Bonchev–Trinajstić information content (AvgIpc) is 2.25. The summed E-state index contributed by atoms with van der Waals surface area (Å²) < 4.78 is 5.04. The zero-order valence-corrected chi connectivity index (χ0v) is 11.9. The van der Waals surface area contributed by atoms with Crippen molar-refractivity contribution in [3.05, 3.63) is 18.0 Å². The van der Waals surface area contributed by atoms with Crippen LogP contribution in [0.1, 0.15) is 31.3 Å². The Labute approximate surface area is 113 Å². The van der Waals surface area contributed by atoms with Crippen LogP contribution in [0, 0.1) is 0 Å². The van der Waals surface area contributed by atoms with E-state index in [0.717, 1.165) is 0 Å². The quantitative estimate of drug-likeness (QED) is 0.684. The summed E-state index contributed by atoms with van der Waals surface area (Å²) in [5.74, 6) is -0.152. The molecular formula is C11H14BrN3O3. The number of amides is 1. The first-order valence-corrected chi connectivity index (χ1v) is 6.36. The van der Waals surface area contributed by atoms with Crippen molar-refractivity contribution < 1.29 is 14.3 Å². The smallest absolute Gasteiger partial charge is 0.414 e. The largest absolute Gasteiger partial charge is 0.444 e. The van der Waals surface area contributed by atoms with Crippen molar-refractivity contribution >= 4 is 33.8 Å². The topological polar surface area (TPSA) is 81.2 Å². The van der Waals surface area contributed by atoms with Crippen LogP contribution in [0.15, 0.2) is 12.3 Å². The summed E-state index contributed by atoms with van der Waals surface area (Å²) >= 11 is 3.04. The number of aromatic nitrogens is 2. The molecule has 0 atom stereocenters. The van der Waals surface area contributed by atoms with Gasteiger partial charge in [-0.2, -0.15) is 0 Å². The lowest BCUT2D eigenvalue weighted by molar-refractivity contribution is 0.0634. The molecule has 98 valence electrons. The maximum absolute atomic E-state index is 11.5. The van der Waals surface area contributed by atoms with E-state index in [0.29, 0.717) is 0 Å². The molecule has 0 aliphatic heterocycles. The van der Waals surface area contributed by atoms with Gasteiger partial charge in [0.25, 0.3) is 0 Å². The monoisotopic (exact) mass is 315 g/mol. The van der Waals surface area contributed by atoms with Crippen molar-refractivity contribution in [3.63, 3.8) is 0 Å². The van der Waals surface area contributed by atoms with Gasteiger partial charge in [0.1, 0.15) is 11.3 Å². The summed E-state index contributed by atoms with van der Waals surface area (Å²) in [5.41, 5.74) is -0.374. The van der Waals surface area contributed by atoms with Crippen LogP contribution >= 0.6 is 15.9 Å². The second-order valence-electron chi connectivity index (χ2n) is 4.45. The van der Waals surface area contributed by atoms with Gasteiger partial charge in [0.15, 0.2) is 5.78 Å². The van der Waals surface area contributed by atoms with E-state index in [9.17, 15) is 9.59 Å². The fourth-order valence-electron chi connectivity index (χ4n) is 1.04. The van der Waals surface area contributed by atoms with Gasteiger partial charge in [-0.3, -0.25) is 10.1 Å². The summed E-state index contributed by atoms with van der Waals surface area (Å²) in [6, 6.07) is 1.48. The Hall–Kier alpha value is -1.50. The number of nitrogens with zero attached hydrogens (tertiary/aromatic N) is 2. The minimum absolute atomic E-state index is 0.0380. The second kappa shape index (κ2) is 5.90. The molecule has 0 spiro atoms. The van der Waals surface area contributed by atoms with Crippen molar-refractivity contribution in [3.8, 4) is 0 Å². The van der Waals surface area contributed by atoms with Crippen molar-refractivity contribution in [2.75, 3.05) is 10.6 Å². The number of ether oxygens (including phenoxy) is 1. The van der Waals surface area contributed by atoms with Gasteiger partial charge in [-0.05, 0) is 26.8 Å². The Morgan fingerprint density at radius 3 is 2.67 bits per heavy atom. The summed E-state index contributed by atoms with van der Waals surface area (Å²) in [7, 11) is 0. The predicted octanol–water partition coefficient (Wildman–Crippen LogP) is 2.40. The van der Waals surface area contributed by atoms with E-state index < -0.39 is 11.7 Å². The molecular weight excluding hydrogens is 302 g/mol. The van der Waals surface area contributed by atoms with Crippen LogP contribution in [-0.2, 0) is 4.74 Å². The molecule has 0 unspecified atom stereocenters. The summed E-state index contributed by atoms with van der Waals surface area (Å²) in [5, 5.41) is 2.53. The van der Waals surface area contributed by atoms with Crippen LogP contribution in [-0.4, -0.2) is 32.8 Å². The summed E-state index contributed by atoms with van der Waals surface area (Å²) in [6.45, 7) is 5.24. The molecule has 0 fully saturated rings. The highest BCUT2D eigenvalue weighted by Gasteiger charge is 2.17. The maximum Gasteiger partial charge on any atom is 0.414 e. The molecule has 18 heavy (non-hydrogen) atoms. The average molecular weight is 316 g/mol. The first-order chi connectivity index (χ1) is 8.31. The number of ketones is 1. The van der Waals surface area contributed by atoms with Gasteiger partial charge in [0.2, 0.25) is 5.95 Å². The van der Waals surface area contributed by atoms with Crippen LogP contribution in [0.3, 0.4) is 0 Å². The number of hydrogen-bond acceptors (Lipinski definition) is 5. The van der Waals surface area contributed by atoms with Crippen LogP contribution in [0.5, 0.6) is 0 Å². The standard InChI is InChI=1S/C11H14BrN3O3/c1-11(2,3)18-10(17)15-9-13-5-4-7(14-9)8(16)6-12/h4-5H,6H2,1-3H3,(H,13,14,15,17). The van der Waals surface area contributed by atoms with Crippen molar-refractivity contribution in [1.82, 2.24) is 9.97 Å². The number of Topliss-reactive ketones (excluding diaryl/α,β-unsaturated/α-hetero) is 1. The van der Waals surface area contributed by atoms with Crippen LogP contribution < -0.4 is 5.32 Å². The second-order valence-corrected chi connectivity index (χ2v) is 5.01. The van der Waals surface area contributed by atoms with Gasteiger partial charge in [0, 0.05) is 6.20 Å². The molecule has 6 nitrogen and oxygen atoms in total. The number of hydrogen-bond donors (Lipinski definition) is 1. The molecule has 0 aromatic carbocycles. The van der Waals surface area contributed by atoms with Crippen molar-refractivity contribution in [1.29, 1.82) is 0 Å². The fourth-order valence-corrected chi connectivity index (χ4v) is 1.32. The molecule has 1 rings (SSSR count). The number of halogens is 1. The molecule has 1 aromatic rings. The van der Waals surface area contributed by atoms with Gasteiger partial charge in [0.05, 0.1) is 5.33 Å². The molecule has 1 aromatic heterocycles. The lowest BCUT2D eigenvalue weighted by Crippen LogP contribution is -2.28. The molecule has 0 bridgehead atoms. The Bertz CT molecular complexity index is 457. The Morgan fingerprint density at radius 2 is 2.11 bits per heavy atom. The van der Waals surface area contributed by atoms with E-state index >= 15 is 0 Å². The zero-order chi connectivity index (χ0) is 13.8. The number of rotatable bonds is 3. The van der Waals surface area contributed by atoms with E-state index in [4.69, 9.17) is 4.74 Å². The Kier molecular flexibility index (Phi) is 4.77. The van der Waals surface area contributed by atoms with Crippen molar-refractivity contribution in [2.24, 2.45) is 0 Å². The molecule has 1 N–H and O–H groups in total.